The Morgan fingerprint density at radius 1 is 1.25 bits per heavy atom. The summed E-state index contributed by atoms with van der Waals surface area (Å²) in [6.07, 6.45) is 3.71. The number of nitrogen functional groups attached to an aromatic ring is 1. The van der Waals surface area contributed by atoms with Crippen molar-refractivity contribution < 1.29 is 14.1 Å². The summed E-state index contributed by atoms with van der Waals surface area (Å²) in [5.74, 6) is 5.47. The van der Waals surface area contributed by atoms with Crippen molar-refractivity contribution in [1.82, 2.24) is 14.3 Å². The zero-order valence-corrected chi connectivity index (χ0v) is 24.0. The number of aliphatic carboxylic acids is 1. The van der Waals surface area contributed by atoms with Gasteiger partial charge in [0, 0.05) is 43.5 Å². The Hall–Kier alpha value is -3.54. The summed E-state index contributed by atoms with van der Waals surface area (Å²) in [5.41, 5.74) is 11.7. The number of anilines is 3. The first-order chi connectivity index (χ1) is 19.2. The van der Waals surface area contributed by atoms with Crippen LogP contribution in [0.15, 0.2) is 47.5 Å². The fourth-order valence-electron chi connectivity index (χ4n) is 5.79. The van der Waals surface area contributed by atoms with Crippen molar-refractivity contribution in [1.29, 1.82) is 0 Å². The van der Waals surface area contributed by atoms with Gasteiger partial charge in [-0.25, -0.2) is 19.3 Å². The minimum absolute atomic E-state index is 0.138. The van der Waals surface area contributed by atoms with Gasteiger partial charge in [0.25, 0.3) is 0 Å². The van der Waals surface area contributed by atoms with Crippen molar-refractivity contribution >= 4 is 34.1 Å². The third kappa shape index (κ3) is 5.28. The molecule has 2 aliphatic rings. The monoisotopic (exact) mass is 563 g/mol. The summed E-state index contributed by atoms with van der Waals surface area (Å²) >= 11 is 0. The van der Waals surface area contributed by atoms with E-state index in [0.717, 1.165) is 52.5 Å². The van der Waals surface area contributed by atoms with Crippen LogP contribution in [-0.4, -0.2) is 55.2 Å². The topological polar surface area (TPSA) is 142 Å². The highest BCUT2D eigenvalue weighted by atomic mass is 32.2. The molecule has 3 aromatic rings. The van der Waals surface area contributed by atoms with Gasteiger partial charge in [-0.05, 0) is 74.6 Å². The highest BCUT2D eigenvalue weighted by molar-refractivity contribution is 7.82. The van der Waals surface area contributed by atoms with Crippen LogP contribution in [0.25, 0.3) is 0 Å². The number of rotatable bonds is 8. The van der Waals surface area contributed by atoms with E-state index >= 15 is 0 Å². The summed E-state index contributed by atoms with van der Waals surface area (Å²) < 4.78 is 15.8. The number of carbonyl (C=O) groups is 1. The first-order valence-corrected chi connectivity index (χ1v) is 14.8. The number of carboxylic acid groups (broad SMARTS) is 1. The van der Waals surface area contributed by atoms with Crippen LogP contribution in [-0.2, 0) is 22.3 Å². The molecule has 0 spiro atoms. The molecule has 2 aromatic heterocycles. The van der Waals surface area contributed by atoms with Gasteiger partial charge >= 0.3 is 5.97 Å². The molecule has 40 heavy (non-hydrogen) atoms. The highest BCUT2D eigenvalue weighted by Crippen LogP contribution is 2.37. The number of aryl methyl sites for hydroxylation is 1. The lowest BCUT2D eigenvalue weighted by Crippen LogP contribution is -2.38. The van der Waals surface area contributed by atoms with Gasteiger partial charge in [0.15, 0.2) is 0 Å². The maximum atomic E-state index is 13.8. The number of aromatic nitrogens is 2. The maximum Gasteiger partial charge on any atom is 0.304 e. The second kappa shape index (κ2) is 11.5. The minimum atomic E-state index is -1.40. The molecule has 11 heteroatoms. The molecule has 3 atom stereocenters. The van der Waals surface area contributed by atoms with Crippen LogP contribution in [0.4, 0.5) is 17.2 Å². The Bertz CT molecular complexity index is 1450. The largest absolute Gasteiger partial charge is 0.481 e. The van der Waals surface area contributed by atoms with Crippen LogP contribution in [0.3, 0.4) is 0 Å². The maximum absolute atomic E-state index is 13.8. The second-order valence-corrected chi connectivity index (χ2v) is 12.0. The number of hydrogen-bond donors (Lipinski definition) is 3. The molecule has 4 heterocycles. The molecular formula is C29H37N7O3S. The van der Waals surface area contributed by atoms with E-state index in [1.165, 1.54) is 0 Å². The number of nitrogens with zero attached hydrogens (tertiary/aromatic N) is 5. The van der Waals surface area contributed by atoms with E-state index in [-0.39, 0.29) is 12.5 Å². The predicted octanol–water partition coefficient (Wildman–Crippen LogP) is 3.49. The Morgan fingerprint density at radius 3 is 2.80 bits per heavy atom. The molecule has 0 amide bonds. The van der Waals surface area contributed by atoms with Gasteiger partial charge in [0.1, 0.15) is 16.8 Å². The van der Waals surface area contributed by atoms with E-state index in [0.29, 0.717) is 36.7 Å². The van der Waals surface area contributed by atoms with Crippen molar-refractivity contribution in [2.75, 3.05) is 35.3 Å². The van der Waals surface area contributed by atoms with Crippen LogP contribution >= 0.6 is 0 Å². The summed E-state index contributed by atoms with van der Waals surface area (Å²) in [5, 5.41) is 11.4. The number of hydrogen-bond acceptors (Lipinski definition) is 8. The molecule has 5 rings (SSSR count). The standard InChI is InChI=1S/C29H37N7O3S/c1-4-36(31)25-12-10-21(19(3)28(25)30)22(15-27(37)38)23-11-9-18(2)24(33-23)17-34-16-20-7-6-14-35(20)29-26(40(34)39)8-5-13-32-29/h5,8-13,20,22H,4,6-7,14-17,30-31H2,1-3H3,(H,37,38). The zero-order chi connectivity index (χ0) is 28.6. The van der Waals surface area contributed by atoms with Crippen LogP contribution < -0.4 is 21.5 Å². The van der Waals surface area contributed by atoms with E-state index in [9.17, 15) is 14.1 Å². The molecule has 1 aromatic carbocycles. The Morgan fingerprint density at radius 2 is 2.05 bits per heavy atom. The lowest BCUT2D eigenvalue weighted by Gasteiger charge is -2.26. The number of carboxylic acids is 1. The van der Waals surface area contributed by atoms with Gasteiger partial charge in [0.05, 0.1) is 34.9 Å². The molecule has 10 nitrogen and oxygen atoms in total. The van der Waals surface area contributed by atoms with E-state index in [4.69, 9.17) is 16.6 Å². The van der Waals surface area contributed by atoms with E-state index in [1.807, 2.05) is 61.5 Å². The van der Waals surface area contributed by atoms with Gasteiger partial charge in [0.2, 0.25) is 0 Å². The molecule has 1 saturated heterocycles. The first kappa shape index (κ1) is 28.0. The summed E-state index contributed by atoms with van der Waals surface area (Å²) in [7, 11) is -1.40. The van der Waals surface area contributed by atoms with Crippen molar-refractivity contribution in [2.45, 2.75) is 63.4 Å². The van der Waals surface area contributed by atoms with Crippen LogP contribution in [0.2, 0.25) is 0 Å². The third-order valence-corrected chi connectivity index (χ3v) is 9.52. The van der Waals surface area contributed by atoms with Crippen molar-refractivity contribution in [2.24, 2.45) is 5.84 Å². The Kier molecular flexibility index (Phi) is 8.07. The van der Waals surface area contributed by atoms with Crippen molar-refractivity contribution in [3.8, 4) is 0 Å². The van der Waals surface area contributed by atoms with Gasteiger partial charge in [-0.3, -0.25) is 9.78 Å². The highest BCUT2D eigenvalue weighted by Gasteiger charge is 2.36. The Balaban J connectivity index is 1.51. The zero-order valence-electron chi connectivity index (χ0n) is 23.2. The smallest absolute Gasteiger partial charge is 0.304 e. The summed E-state index contributed by atoms with van der Waals surface area (Å²) in [6, 6.07) is 11.5. The van der Waals surface area contributed by atoms with Gasteiger partial charge < -0.3 is 20.7 Å². The van der Waals surface area contributed by atoms with E-state index in [2.05, 4.69) is 9.88 Å². The number of nitrogens with two attached hydrogens (primary N) is 2. The lowest BCUT2D eigenvalue weighted by atomic mass is 9.87. The predicted molar refractivity (Wildman–Crippen MR) is 157 cm³/mol. The van der Waals surface area contributed by atoms with Crippen LogP contribution in [0.1, 0.15) is 60.2 Å². The first-order valence-electron chi connectivity index (χ1n) is 13.7. The average molecular weight is 564 g/mol. The van der Waals surface area contributed by atoms with E-state index < -0.39 is 22.9 Å². The molecule has 0 aliphatic carbocycles. The summed E-state index contributed by atoms with van der Waals surface area (Å²) in [6.45, 7) is 8.31. The third-order valence-electron chi connectivity index (χ3n) is 8.08. The van der Waals surface area contributed by atoms with Crippen LogP contribution in [0.5, 0.6) is 0 Å². The van der Waals surface area contributed by atoms with Gasteiger partial charge in [-0.15, -0.1) is 0 Å². The van der Waals surface area contributed by atoms with Gasteiger partial charge in [-0.1, -0.05) is 12.1 Å². The molecule has 0 bridgehead atoms. The number of pyridine rings is 2. The second-order valence-electron chi connectivity index (χ2n) is 10.5. The molecule has 5 N–H and O–H groups in total. The molecule has 1 fully saturated rings. The number of fused-ring (bicyclic) bond motifs is 3. The molecular weight excluding hydrogens is 526 g/mol. The molecule has 0 radical (unpaired) electrons. The number of hydrazine groups is 1. The lowest BCUT2D eigenvalue weighted by molar-refractivity contribution is -0.137. The molecule has 212 valence electrons. The average Bonchev–Trinajstić information content (AvgIpc) is 3.37. The minimum Gasteiger partial charge on any atom is -0.481 e. The quantitative estimate of drug-likeness (QED) is 0.213. The fraction of sp³-hybridized carbons (Fsp3) is 0.414. The fourth-order valence-corrected chi connectivity index (χ4v) is 7.14. The summed E-state index contributed by atoms with van der Waals surface area (Å²) in [4.78, 5) is 24.6. The van der Waals surface area contributed by atoms with Crippen molar-refractivity contribution in [3.63, 3.8) is 0 Å². The normalized spacial score (nSPS) is 19.6. The molecule has 3 unspecified atom stereocenters. The van der Waals surface area contributed by atoms with E-state index in [1.54, 1.807) is 11.2 Å². The Labute approximate surface area is 237 Å². The van der Waals surface area contributed by atoms with Crippen LogP contribution in [0, 0.1) is 13.8 Å². The molecule has 0 saturated carbocycles. The number of benzene rings is 1. The molecule has 2 aliphatic heterocycles. The van der Waals surface area contributed by atoms with Gasteiger partial charge in [-0.2, -0.15) is 0 Å². The SMILES string of the molecule is CCN(N)c1ccc(C(CC(=O)O)c2ccc(C)c(CN3CC4CCCN4c4ncccc4S3=O)n2)c(C)c1N. The van der Waals surface area contributed by atoms with Crippen molar-refractivity contribution in [3.05, 3.63) is 70.7 Å².